The van der Waals surface area contributed by atoms with Gasteiger partial charge in [0.15, 0.2) is 6.10 Å². The molecule has 108 valence electrons. The number of ether oxygens (including phenoxy) is 1. The number of carbonyl (C=O) groups excluding carboxylic acids is 1. The molecule has 0 aliphatic rings. The van der Waals surface area contributed by atoms with Gasteiger partial charge in [0, 0.05) is 21.2 Å². The maximum absolute atomic E-state index is 12.0. The highest BCUT2D eigenvalue weighted by Gasteiger charge is 2.24. The predicted molar refractivity (Wildman–Crippen MR) is 75.0 cm³/mol. The molecule has 0 aliphatic carbocycles. The molecule has 1 amide bonds. The van der Waals surface area contributed by atoms with Gasteiger partial charge in [-0.15, -0.1) is 0 Å². The van der Waals surface area contributed by atoms with Crippen molar-refractivity contribution >= 4 is 17.3 Å². The Morgan fingerprint density at radius 2 is 2.05 bits per heavy atom. The monoisotopic (exact) mass is 270 g/mol. The molecule has 0 saturated heterocycles. The second-order valence-electron chi connectivity index (χ2n) is 3.73. The Kier molecular flexibility index (Phi) is 6.84. The lowest BCUT2D eigenvalue weighted by atomic mass is 10.1. The van der Waals surface area contributed by atoms with E-state index < -0.39 is 6.10 Å². The number of hydroxylamine groups is 2. The summed E-state index contributed by atoms with van der Waals surface area (Å²) < 4.78 is 5.20. The van der Waals surface area contributed by atoms with Crippen LogP contribution < -0.4 is 17.2 Å². The Balaban J connectivity index is 0.00000324. The first kappa shape index (κ1) is 17.2. The highest BCUT2D eigenvalue weighted by atomic mass is 16.7. The number of anilines is 2. The number of carbonyl (C=O) groups is 1. The minimum absolute atomic E-state index is 0. The SMILES string of the molecule is CNc1ccc(C(OC)C(=O)N(C)OC)cc1N.N. The maximum Gasteiger partial charge on any atom is 0.279 e. The van der Waals surface area contributed by atoms with Crippen LogP contribution in [0.15, 0.2) is 18.2 Å². The zero-order valence-electron chi connectivity index (χ0n) is 11.8. The molecule has 0 spiro atoms. The molecular formula is C12H22N4O3. The number of nitrogen functional groups attached to an aromatic ring is 1. The molecule has 7 heteroatoms. The van der Waals surface area contributed by atoms with Gasteiger partial charge in [0.25, 0.3) is 5.91 Å². The van der Waals surface area contributed by atoms with E-state index in [4.69, 9.17) is 15.3 Å². The molecule has 19 heavy (non-hydrogen) atoms. The zero-order chi connectivity index (χ0) is 13.7. The van der Waals surface area contributed by atoms with Crippen molar-refractivity contribution in [3.05, 3.63) is 23.8 Å². The van der Waals surface area contributed by atoms with Gasteiger partial charge < -0.3 is 21.9 Å². The third-order valence-electron chi connectivity index (χ3n) is 2.69. The summed E-state index contributed by atoms with van der Waals surface area (Å²) in [6.45, 7) is 0. The van der Waals surface area contributed by atoms with Gasteiger partial charge in [0.2, 0.25) is 0 Å². The van der Waals surface area contributed by atoms with Crippen LogP contribution in [-0.2, 0) is 14.4 Å². The van der Waals surface area contributed by atoms with E-state index in [-0.39, 0.29) is 12.1 Å². The summed E-state index contributed by atoms with van der Waals surface area (Å²) in [5.41, 5.74) is 7.91. The zero-order valence-corrected chi connectivity index (χ0v) is 11.8. The molecule has 7 nitrogen and oxygen atoms in total. The van der Waals surface area contributed by atoms with E-state index in [1.165, 1.54) is 21.3 Å². The van der Waals surface area contributed by atoms with E-state index in [0.29, 0.717) is 11.3 Å². The molecule has 1 rings (SSSR count). The van der Waals surface area contributed by atoms with E-state index in [0.717, 1.165) is 10.8 Å². The van der Waals surface area contributed by atoms with Crippen LogP contribution in [0.25, 0.3) is 0 Å². The van der Waals surface area contributed by atoms with Crippen molar-refractivity contribution in [2.45, 2.75) is 6.10 Å². The number of nitrogens with two attached hydrogens (primary N) is 1. The molecule has 0 fully saturated rings. The summed E-state index contributed by atoms with van der Waals surface area (Å²) in [5.74, 6) is -0.295. The summed E-state index contributed by atoms with van der Waals surface area (Å²) in [7, 11) is 6.19. The van der Waals surface area contributed by atoms with Crippen LogP contribution in [0.2, 0.25) is 0 Å². The van der Waals surface area contributed by atoms with Gasteiger partial charge in [-0.1, -0.05) is 6.07 Å². The van der Waals surface area contributed by atoms with Gasteiger partial charge in [0.1, 0.15) is 0 Å². The van der Waals surface area contributed by atoms with Crippen LogP contribution in [-0.4, -0.2) is 39.3 Å². The highest BCUT2D eigenvalue weighted by molar-refractivity contribution is 5.82. The third kappa shape index (κ3) is 3.82. The molecule has 6 N–H and O–H groups in total. The number of amides is 1. The van der Waals surface area contributed by atoms with Crippen molar-refractivity contribution in [2.24, 2.45) is 0 Å². The molecule has 1 aromatic carbocycles. The fourth-order valence-electron chi connectivity index (χ4n) is 1.61. The summed E-state index contributed by atoms with van der Waals surface area (Å²) in [4.78, 5) is 16.8. The van der Waals surface area contributed by atoms with Crippen LogP contribution in [0, 0.1) is 0 Å². The smallest absolute Gasteiger partial charge is 0.279 e. The second-order valence-corrected chi connectivity index (χ2v) is 3.73. The molecule has 0 radical (unpaired) electrons. The summed E-state index contributed by atoms with van der Waals surface area (Å²) in [6, 6.07) is 5.30. The van der Waals surface area contributed by atoms with Crippen LogP contribution in [0.4, 0.5) is 11.4 Å². The van der Waals surface area contributed by atoms with E-state index in [1.807, 2.05) is 0 Å². The number of methoxy groups -OCH3 is 1. The van der Waals surface area contributed by atoms with Crippen LogP contribution in [0.3, 0.4) is 0 Å². The number of rotatable bonds is 5. The first-order valence-electron chi connectivity index (χ1n) is 5.46. The van der Waals surface area contributed by atoms with Crippen LogP contribution in [0.1, 0.15) is 11.7 Å². The molecule has 1 atom stereocenters. The van der Waals surface area contributed by atoms with Gasteiger partial charge >= 0.3 is 0 Å². The van der Waals surface area contributed by atoms with E-state index in [9.17, 15) is 4.79 Å². The first-order chi connectivity index (χ1) is 8.54. The second kappa shape index (κ2) is 7.57. The topological polar surface area (TPSA) is 112 Å². The van der Waals surface area contributed by atoms with Gasteiger partial charge in [-0.3, -0.25) is 9.63 Å². The van der Waals surface area contributed by atoms with Gasteiger partial charge in [-0.25, -0.2) is 5.06 Å². The Morgan fingerprint density at radius 1 is 1.42 bits per heavy atom. The van der Waals surface area contributed by atoms with Crippen molar-refractivity contribution in [1.82, 2.24) is 11.2 Å². The normalized spacial score (nSPS) is 11.4. The number of nitrogens with one attached hydrogen (secondary N) is 1. The summed E-state index contributed by atoms with van der Waals surface area (Å²) >= 11 is 0. The lowest BCUT2D eigenvalue weighted by molar-refractivity contribution is -0.179. The van der Waals surface area contributed by atoms with Crippen molar-refractivity contribution in [1.29, 1.82) is 0 Å². The molecule has 1 aromatic rings. The number of hydrogen-bond donors (Lipinski definition) is 3. The average molecular weight is 270 g/mol. The molecule has 0 saturated carbocycles. The maximum atomic E-state index is 12.0. The minimum atomic E-state index is -0.733. The Morgan fingerprint density at radius 3 is 2.47 bits per heavy atom. The minimum Gasteiger partial charge on any atom is -0.397 e. The van der Waals surface area contributed by atoms with Gasteiger partial charge in [-0.2, -0.15) is 0 Å². The lowest BCUT2D eigenvalue weighted by Crippen LogP contribution is -2.31. The molecular weight excluding hydrogens is 248 g/mol. The molecule has 0 aliphatic heterocycles. The number of benzene rings is 1. The molecule has 0 aromatic heterocycles. The first-order valence-corrected chi connectivity index (χ1v) is 5.46. The quantitative estimate of drug-likeness (QED) is 0.547. The van der Waals surface area contributed by atoms with Crippen molar-refractivity contribution in [3.63, 3.8) is 0 Å². The standard InChI is InChI=1S/C12H19N3O3.H3N/c1-14-10-6-5-8(7-9(10)13)11(17-3)12(16)15(2)18-4;/h5-7,11,14H,13H2,1-4H3;1H3. The largest absolute Gasteiger partial charge is 0.397 e. The fraction of sp³-hybridized carbons (Fsp3) is 0.417. The van der Waals surface area contributed by atoms with E-state index in [2.05, 4.69) is 5.32 Å². The third-order valence-corrected chi connectivity index (χ3v) is 2.69. The summed E-state index contributed by atoms with van der Waals surface area (Å²) in [5, 5.41) is 4.08. The van der Waals surface area contributed by atoms with E-state index in [1.54, 1.807) is 25.2 Å². The molecule has 1 unspecified atom stereocenters. The average Bonchev–Trinajstić information content (AvgIpc) is 2.38. The molecule has 0 bridgehead atoms. The Bertz CT molecular complexity index is 425. The lowest BCUT2D eigenvalue weighted by Gasteiger charge is -2.21. The predicted octanol–water partition coefficient (Wildman–Crippen LogP) is 1.18. The summed E-state index contributed by atoms with van der Waals surface area (Å²) in [6.07, 6.45) is -0.733. The van der Waals surface area contributed by atoms with Crippen molar-refractivity contribution < 1.29 is 14.4 Å². The number of likely N-dealkylation sites (N-methyl/N-ethyl adjacent to an activating group) is 1. The fourth-order valence-corrected chi connectivity index (χ4v) is 1.61. The van der Waals surface area contributed by atoms with Gasteiger partial charge in [0.05, 0.1) is 18.5 Å². The highest BCUT2D eigenvalue weighted by Crippen LogP contribution is 2.26. The number of hydrogen-bond acceptors (Lipinski definition) is 6. The van der Waals surface area contributed by atoms with E-state index >= 15 is 0 Å². The molecule has 0 heterocycles. The van der Waals surface area contributed by atoms with Crippen molar-refractivity contribution in [2.75, 3.05) is 39.4 Å². The Labute approximate surface area is 113 Å². The Hall–Kier alpha value is -1.83. The van der Waals surface area contributed by atoms with Crippen molar-refractivity contribution in [3.8, 4) is 0 Å². The van der Waals surface area contributed by atoms with Crippen LogP contribution in [0.5, 0.6) is 0 Å². The number of nitrogens with zero attached hydrogens (tertiary/aromatic N) is 1. The van der Waals surface area contributed by atoms with Gasteiger partial charge in [-0.05, 0) is 17.7 Å². The van der Waals surface area contributed by atoms with Crippen LogP contribution >= 0.6 is 0 Å².